The molecule has 12 nitrogen and oxygen atoms in total. The van der Waals surface area contributed by atoms with E-state index in [0.29, 0.717) is 17.6 Å². The molecule has 0 saturated heterocycles. The third-order valence-electron chi connectivity index (χ3n) is 7.81. The number of nitrogens with one attached hydrogen (secondary N) is 2. The molecule has 0 aromatic rings. The lowest BCUT2D eigenvalue weighted by atomic mass is 9.88. The van der Waals surface area contributed by atoms with Gasteiger partial charge in [0.1, 0.15) is 0 Å². The van der Waals surface area contributed by atoms with Gasteiger partial charge in [-0.2, -0.15) is 0 Å². The van der Waals surface area contributed by atoms with E-state index in [1.165, 1.54) is 13.8 Å². The molecule has 6 atom stereocenters. The number of carbonyl (C=O) groups is 4. The summed E-state index contributed by atoms with van der Waals surface area (Å²) in [5.41, 5.74) is 13.4. The molecule has 0 unspecified atom stereocenters. The van der Waals surface area contributed by atoms with E-state index in [1.54, 1.807) is 12.2 Å². The van der Waals surface area contributed by atoms with Gasteiger partial charge in [-0.25, -0.2) is 9.59 Å². The Balaban J connectivity index is 1.95. The second kappa shape index (κ2) is 18.1. The van der Waals surface area contributed by atoms with Crippen LogP contribution in [0, 0.1) is 0 Å². The second-order valence-electron chi connectivity index (χ2n) is 11.3. The van der Waals surface area contributed by atoms with Crippen LogP contribution in [-0.4, -0.2) is 85.5 Å². The van der Waals surface area contributed by atoms with Crippen molar-refractivity contribution in [3.8, 4) is 0 Å². The van der Waals surface area contributed by atoms with E-state index in [9.17, 15) is 19.2 Å². The average Bonchev–Trinajstić information content (AvgIpc) is 2.96. The van der Waals surface area contributed by atoms with Gasteiger partial charge in [-0.1, -0.05) is 27.7 Å². The molecule has 43 heavy (non-hydrogen) atoms. The van der Waals surface area contributed by atoms with Crippen LogP contribution < -0.4 is 22.1 Å². The summed E-state index contributed by atoms with van der Waals surface area (Å²) in [7, 11) is 0. The van der Waals surface area contributed by atoms with Crippen LogP contribution in [0.2, 0.25) is 0 Å². The quantitative estimate of drug-likeness (QED) is 0.149. The first kappa shape index (κ1) is 36.4. The van der Waals surface area contributed by atoms with E-state index in [1.807, 2.05) is 27.7 Å². The van der Waals surface area contributed by atoms with Gasteiger partial charge in [0, 0.05) is 43.5 Å². The Labute approximate surface area is 255 Å². The number of nitrogens with two attached hydrogens (primary N) is 2. The first-order valence-electron chi connectivity index (χ1n) is 15.6. The SMILES string of the molecule is CCC(CC)O[C@@H]1C=C(C(=O)OCCCOC(=O)C2=C[C@@H](OC(CC)CC)[C@H](NC(C)=O)[C@@H](N)C2)C[C@H](N)[C@H]1NC(C)=O. The van der Waals surface area contributed by atoms with Crippen LogP contribution in [0.3, 0.4) is 0 Å². The maximum Gasteiger partial charge on any atom is 0.333 e. The number of ether oxygens (including phenoxy) is 4. The van der Waals surface area contributed by atoms with Crippen molar-refractivity contribution >= 4 is 23.8 Å². The van der Waals surface area contributed by atoms with Crippen LogP contribution in [-0.2, 0) is 38.1 Å². The molecule has 244 valence electrons. The molecule has 2 amide bonds. The summed E-state index contributed by atoms with van der Waals surface area (Å²) >= 11 is 0. The molecule has 0 radical (unpaired) electrons. The average molecular weight is 609 g/mol. The number of esters is 2. The number of carbonyl (C=O) groups excluding carboxylic acids is 4. The summed E-state index contributed by atoms with van der Waals surface area (Å²) in [5.74, 6) is -1.49. The predicted octanol–water partition coefficient (Wildman–Crippen LogP) is 1.93. The van der Waals surface area contributed by atoms with Crippen molar-refractivity contribution < 1.29 is 38.1 Å². The highest BCUT2D eigenvalue weighted by atomic mass is 16.5. The van der Waals surface area contributed by atoms with Crippen LogP contribution in [0.25, 0.3) is 0 Å². The first-order valence-corrected chi connectivity index (χ1v) is 15.6. The Morgan fingerprint density at radius 3 is 1.37 bits per heavy atom. The molecule has 6 N–H and O–H groups in total. The van der Waals surface area contributed by atoms with Gasteiger partial charge in [0.15, 0.2) is 0 Å². The Bertz CT molecular complexity index is 930. The smallest absolute Gasteiger partial charge is 0.333 e. The molecule has 0 bridgehead atoms. The van der Waals surface area contributed by atoms with Crippen LogP contribution in [0.5, 0.6) is 0 Å². The summed E-state index contributed by atoms with van der Waals surface area (Å²) < 4.78 is 23.2. The molecule has 0 aromatic carbocycles. The third kappa shape index (κ3) is 11.3. The van der Waals surface area contributed by atoms with Crippen molar-refractivity contribution in [2.45, 2.75) is 135 Å². The van der Waals surface area contributed by atoms with Gasteiger partial charge in [-0.15, -0.1) is 0 Å². The zero-order valence-electron chi connectivity index (χ0n) is 26.6. The van der Waals surface area contributed by atoms with Crippen molar-refractivity contribution in [3.63, 3.8) is 0 Å². The predicted molar refractivity (Wildman–Crippen MR) is 162 cm³/mol. The molecule has 0 heterocycles. The standard InChI is InChI=1S/C31H52N4O8/c1-7-22(8-2)42-26-16-20(14-24(32)28(26)34-18(5)36)30(38)40-12-11-13-41-31(39)21-15-25(33)29(35-19(6)37)27(17-21)43-23(9-3)10-4/h16-17,22-29H,7-15,32-33H2,1-6H3,(H,34,36)(H,35,37)/t24-,25-,26+,27+,28+,29+/m0/s1. The Morgan fingerprint density at radius 1 is 0.721 bits per heavy atom. The molecule has 0 aliphatic heterocycles. The Hall–Kier alpha value is -2.80. The van der Waals surface area contributed by atoms with Gasteiger partial charge in [0.2, 0.25) is 11.8 Å². The largest absolute Gasteiger partial charge is 0.462 e. The summed E-state index contributed by atoms with van der Waals surface area (Å²) in [4.78, 5) is 49.2. The normalized spacial score (nSPS) is 25.5. The van der Waals surface area contributed by atoms with Gasteiger partial charge in [-0.3, -0.25) is 9.59 Å². The van der Waals surface area contributed by atoms with E-state index in [0.717, 1.165) is 25.7 Å². The molecule has 2 rings (SSSR count). The fraction of sp³-hybridized carbons (Fsp3) is 0.742. The molecule has 0 spiro atoms. The molecule has 2 aliphatic rings. The van der Waals surface area contributed by atoms with Crippen LogP contribution in [0.1, 0.15) is 86.5 Å². The minimum atomic E-state index is -0.556. The maximum atomic E-state index is 12.8. The molecule has 0 fully saturated rings. The van der Waals surface area contributed by atoms with E-state index >= 15 is 0 Å². The molecule has 0 aromatic heterocycles. The zero-order valence-corrected chi connectivity index (χ0v) is 26.6. The van der Waals surface area contributed by atoms with Crippen molar-refractivity contribution in [1.82, 2.24) is 10.6 Å². The number of hydrogen-bond acceptors (Lipinski definition) is 10. The zero-order chi connectivity index (χ0) is 32.1. The van der Waals surface area contributed by atoms with E-state index < -0.39 is 48.3 Å². The van der Waals surface area contributed by atoms with E-state index in [4.69, 9.17) is 30.4 Å². The van der Waals surface area contributed by atoms with Gasteiger partial charge in [-0.05, 0) is 50.7 Å². The highest BCUT2D eigenvalue weighted by molar-refractivity contribution is 5.89. The Morgan fingerprint density at radius 2 is 1.07 bits per heavy atom. The lowest BCUT2D eigenvalue weighted by Gasteiger charge is -2.36. The lowest BCUT2D eigenvalue weighted by Crippen LogP contribution is -2.57. The highest BCUT2D eigenvalue weighted by Gasteiger charge is 2.37. The van der Waals surface area contributed by atoms with Crippen LogP contribution >= 0.6 is 0 Å². The monoisotopic (exact) mass is 608 g/mol. The Kier molecular flexibility index (Phi) is 15.3. The first-order chi connectivity index (χ1) is 20.4. The van der Waals surface area contributed by atoms with Crippen LogP contribution in [0.15, 0.2) is 23.3 Å². The molecule has 12 heteroatoms. The minimum absolute atomic E-state index is 0.0372. The summed E-state index contributed by atoms with van der Waals surface area (Å²) in [6, 6.07) is -1.95. The third-order valence-corrected chi connectivity index (χ3v) is 7.81. The second-order valence-corrected chi connectivity index (χ2v) is 11.3. The maximum absolute atomic E-state index is 12.8. The number of hydrogen-bond donors (Lipinski definition) is 4. The van der Waals surface area contributed by atoms with Gasteiger partial charge >= 0.3 is 11.9 Å². The fourth-order valence-electron chi connectivity index (χ4n) is 5.37. The minimum Gasteiger partial charge on any atom is -0.462 e. The lowest BCUT2D eigenvalue weighted by molar-refractivity contribution is -0.142. The van der Waals surface area contributed by atoms with Crippen molar-refractivity contribution in [3.05, 3.63) is 23.3 Å². The molecular weight excluding hydrogens is 556 g/mol. The van der Waals surface area contributed by atoms with Crippen molar-refractivity contribution in [2.24, 2.45) is 11.5 Å². The summed E-state index contributed by atoms with van der Waals surface area (Å²) in [6.45, 7) is 11.0. The van der Waals surface area contributed by atoms with Crippen molar-refractivity contribution in [2.75, 3.05) is 13.2 Å². The van der Waals surface area contributed by atoms with Gasteiger partial charge < -0.3 is 41.0 Å². The fourth-order valence-corrected chi connectivity index (χ4v) is 5.37. The topological polar surface area (TPSA) is 181 Å². The summed E-state index contributed by atoms with van der Waals surface area (Å²) in [5, 5.41) is 5.70. The van der Waals surface area contributed by atoms with Gasteiger partial charge in [0.05, 0.1) is 49.7 Å². The van der Waals surface area contributed by atoms with E-state index in [-0.39, 0.29) is 50.1 Å². The molecular formula is C31H52N4O8. The summed E-state index contributed by atoms with van der Waals surface area (Å²) in [6.07, 6.45) is 6.08. The van der Waals surface area contributed by atoms with Gasteiger partial charge in [0.25, 0.3) is 0 Å². The molecule has 2 aliphatic carbocycles. The molecule has 0 saturated carbocycles. The van der Waals surface area contributed by atoms with Crippen molar-refractivity contribution in [1.29, 1.82) is 0 Å². The van der Waals surface area contributed by atoms with Crippen LogP contribution in [0.4, 0.5) is 0 Å². The van der Waals surface area contributed by atoms with E-state index in [2.05, 4.69) is 10.6 Å². The number of amides is 2. The highest BCUT2D eigenvalue weighted by Crippen LogP contribution is 2.25. The number of rotatable bonds is 16.